The summed E-state index contributed by atoms with van der Waals surface area (Å²) < 4.78 is 12.8. The first-order valence-corrected chi connectivity index (χ1v) is 4.73. The monoisotopic (exact) mass is 192 g/mol. The fourth-order valence-corrected chi connectivity index (χ4v) is 1.08. The zero-order valence-electron chi connectivity index (χ0n) is 9.10. The molecule has 0 nitrogen and oxygen atoms in total. The predicted octanol–water partition coefficient (Wildman–Crippen LogP) is 4.60. The quantitative estimate of drug-likeness (QED) is 0.642. The van der Waals surface area contributed by atoms with Gasteiger partial charge in [-0.05, 0) is 18.6 Å². The number of rotatable bonds is 2. The highest BCUT2D eigenvalue weighted by Gasteiger charge is 2.02. The fraction of sp³-hybridized carbons (Fsp3) is 0.231. The van der Waals surface area contributed by atoms with E-state index in [0.717, 1.165) is 11.1 Å². The van der Waals surface area contributed by atoms with Crippen LogP contribution in [-0.4, -0.2) is 0 Å². The summed E-state index contributed by atoms with van der Waals surface area (Å²) in [5, 5.41) is 0. The van der Waals surface area contributed by atoms with Gasteiger partial charge in [0.15, 0.2) is 0 Å². The van der Waals surface area contributed by atoms with Crippen LogP contribution in [0.2, 0.25) is 0 Å². The predicted molar refractivity (Wildman–Crippen MR) is 62.8 cm³/mol. The molecule has 0 N–H and O–H groups in total. The third-order valence-corrected chi connectivity index (χ3v) is 1.72. The van der Waals surface area contributed by atoms with Gasteiger partial charge in [0.2, 0.25) is 0 Å². The molecule has 1 aromatic rings. The topological polar surface area (TPSA) is 0 Å². The Hall–Kier alpha value is -1.37. The number of hydrogen-bond donors (Lipinski definition) is 0. The lowest BCUT2D eigenvalue weighted by molar-refractivity contribution is 0.762. The van der Waals surface area contributed by atoms with Crippen molar-refractivity contribution in [1.82, 2.24) is 0 Å². The largest absolute Gasteiger partial charge is 0.207 e. The van der Waals surface area contributed by atoms with Crippen LogP contribution in [0.25, 0.3) is 11.9 Å². The summed E-state index contributed by atoms with van der Waals surface area (Å²) in [6.07, 6.45) is 1.62. The van der Waals surface area contributed by atoms with E-state index in [1.54, 1.807) is 12.1 Å². The zero-order chi connectivity index (χ0) is 11.1. The SMILES string of the molecule is C=Cc1ccc(C)cc1C(=C)F.CC. The van der Waals surface area contributed by atoms with Gasteiger partial charge < -0.3 is 0 Å². The van der Waals surface area contributed by atoms with Crippen LogP contribution >= 0.6 is 0 Å². The molecule has 0 bridgehead atoms. The summed E-state index contributed by atoms with van der Waals surface area (Å²) in [4.78, 5) is 0. The first kappa shape index (κ1) is 12.6. The van der Waals surface area contributed by atoms with Gasteiger partial charge in [-0.25, -0.2) is 4.39 Å². The molecular weight excluding hydrogens is 175 g/mol. The minimum atomic E-state index is -0.409. The van der Waals surface area contributed by atoms with E-state index in [-0.39, 0.29) is 0 Å². The maximum absolute atomic E-state index is 12.8. The van der Waals surface area contributed by atoms with Crippen LogP contribution < -0.4 is 0 Å². The maximum atomic E-state index is 12.8. The van der Waals surface area contributed by atoms with Gasteiger partial charge >= 0.3 is 0 Å². The van der Waals surface area contributed by atoms with Gasteiger partial charge in [-0.2, -0.15) is 0 Å². The van der Waals surface area contributed by atoms with Crippen LogP contribution in [0.3, 0.4) is 0 Å². The fourth-order valence-electron chi connectivity index (χ4n) is 1.08. The van der Waals surface area contributed by atoms with Crippen LogP contribution in [-0.2, 0) is 0 Å². The van der Waals surface area contributed by atoms with Crippen molar-refractivity contribution in [1.29, 1.82) is 0 Å². The molecule has 0 fully saturated rings. The van der Waals surface area contributed by atoms with Gasteiger partial charge in [-0.3, -0.25) is 0 Å². The third-order valence-electron chi connectivity index (χ3n) is 1.72. The number of halogens is 1. The molecule has 0 amide bonds. The van der Waals surface area contributed by atoms with Crippen molar-refractivity contribution in [3.8, 4) is 0 Å². The first-order chi connectivity index (χ1) is 6.65. The second-order valence-corrected chi connectivity index (χ2v) is 2.70. The Morgan fingerprint density at radius 2 is 1.93 bits per heavy atom. The Morgan fingerprint density at radius 3 is 2.36 bits per heavy atom. The van der Waals surface area contributed by atoms with Crippen LogP contribution in [0.5, 0.6) is 0 Å². The van der Waals surface area contributed by atoms with Crippen molar-refractivity contribution in [3.63, 3.8) is 0 Å². The molecule has 0 heterocycles. The van der Waals surface area contributed by atoms with Crippen LogP contribution in [0.15, 0.2) is 31.4 Å². The molecule has 0 aromatic heterocycles. The van der Waals surface area contributed by atoms with Crippen molar-refractivity contribution >= 4 is 11.9 Å². The molecule has 0 aliphatic carbocycles. The summed E-state index contributed by atoms with van der Waals surface area (Å²) in [5.74, 6) is -0.409. The van der Waals surface area contributed by atoms with Gasteiger partial charge in [0.25, 0.3) is 0 Å². The lowest BCUT2D eigenvalue weighted by Crippen LogP contribution is -1.84. The van der Waals surface area contributed by atoms with Crippen molar-refractivity contribution in [3.05, 3.63) is 48.0 Å². The second kappa shape index (κ2) is 6.14. The molecule has 0 aliphatic heterocycles. The van der Waals surface area contributed by atoms with Gasteiger partial charge in [0.1, 0.15) is 5.83 Å². The second-order valence-electron chi connectivity index (χ2n) is 2.70. The van der Waals surface area contributed by atoms with Crippen molar-refractivity contribution in [2.75, 3.05) is 0 Å². The average Bonchev–Trinajstić information content (AvgIpc) is 2.20. The zero-order valence-corrected chi connectivity index (χ0v) is 9.10. The van der Waals surface area contributed by atoms with Crippen LogP contribution in [0.4, 0.5) is 4.39 Å². The van der Waals surface area contributed by atoms with Gasteiger partial charge in [0.05, 0.1) is 0 Å². The summed E-state index contributed by atoms with van der Waals surface area (Å²) in [5.41, 5.74) is 2.34. The molecule has 1 rings (SSSR count). The minimum absolute atomic E-state index is 0.409. The number of benzene rings is 1. The highest BCUT2D eigenvalue weighted by Crippen LogP contribution is 2.21. The molecule has 1 aromatic carbocycles. The van der Waals surface area contributed by atoms with E-state index in [4.69, 9.17) is 0 Å². The first-order valence-electron chi connectivity index (χ1n) is 4.73. The van der Waals surface area contributed by atoms with E-state index < -0.39 is 5.83 Å². The lowest BCUT2D eigenvalue weighted by Gasteiger charge is -2.03. The molecule has 14 heavy (non-hydrogen) atoms. The Morgan fingerprint density at radius 1 is 1.36 bits per heavy atom. The van der Waals surface area contributed by atoms with Gasteiger partial charge in [0, 0.05) is 5.56 Å². The minimum Gasteiger partial charge on any atom is -0.207 e. The molecule has 76 valence electrons. The van der Waals surface area contributed by atoms with E-state index in [0.29, 0.717) is 5.56 Å². The van der Waals surface area contributed by atoms with Gasteiger partial charge in [-0.15, -0.1) is 0 Å². The smallest absolute Gasteiger partial charge is 0.123 e. The van der Waals surface area contributed by atoms with E-state index in [1.807, 2.05) is 32.9 Å². The molecular formula is C13H17F. The summed E-state index contributed by atoms with van der Waals surface area (Å²) in [7, 11) is 0. The molecule has 1 heteroatoms. The maximum Gasteiger partial charge on any atom is 0.123 e. The highest BCUT2D eigenvalue weighted by molar-refractivity contribution is 5.69. The van der Waals surface area contributed by atoms with Crippen molar-refractivity contribution < 1.29 is 4.39 Å². The summed E-state index contributed by atoms with van der Waals surface area (Å²) in [6.45, 7) is 12.8. The highest BCUT2D eigenvalue weighted by atomic mass is 19.1. The number of hydrogen-bond acceptors (Lipinski definition) is 0. The summed E-state index contributed by atoms with van der Waals surface area (Å²) >= 11 is 0. The number of aryl methyl sites for hydroxylation is 1. The molecule has 0 radical (unpaired) electrons. The van der Waals surface area contributed by atoms with Crippen molar-refractivity contribution in [2.45, 2.75) is 20.8 Å². The Balaban J connectivity index is 0.000000791. The Bertz CT molecular complexity index is 324. The normalized spacial score (nSPS) is 8.57. The molecule has 0 aliphatic rings. The lowest BCUT2D eigenvalue weighted by atomic mass is 10.0. The van der Waals surface area contributed by atoms with Crippen LogP contribution in [0.1, 0.15) is 30.5 Å². The van der Waals surface area contributed by atoms with E-state index >= 15 is 0 Å². The Kier molecular flexibility index (Phi) is 5.54. The molecule has 0 atom stereocenters. The van der Waals surface area contributed by atoms with E-state index in [9.17, 15) is 4.39 Å². The molecule has 0 unspecified atom stereocenters. The molecule has 0 saturated carbocycles. The van der Waals surface area contributed by atoms with Crippen LogP contribution in [0, 0.1) is 6.92 Å². The van der Waals surface area contributed by atoms with E-state index in [1.165, 1.54) is 0 Å². The molecule has 0 saturated heterocycles. The standard InChI is InChI=1S/C11H11F.C2H6/c1-4-10-6-5-8(2)7-11(10)9(3)12;1-2/h4-7H,1,3H2,2H3;1-2H3. The van der Waals surface area contributed by atoms with Gasteiger partial charge in [-0.1, -0.05) is 50.8 Å². The summed E-state index contributed by atoms with van der Waals surface area (Å²) in [6, 6.07) is 5.52. The Labute approximate surface area is 85.8 Å². The average molecular weight is 192 g/mol. The van der Waals surface area contributed by atoms with E-state index in [2.05, 4.69) is 13.2 Å². The molecule has 0 spiro atoms. The third kappa shape index (κ3) is 3.17. The van der Waals surface area contributed by atoms with Crippen molar-refractivity contribution in [2.24, 2.45) is 0 Å².